The van der Waals surface area contributed by atoms with Gasteiger partial charge in [0.05, 0.1) is 7.05 Å². The first-order valence-electron chi connectivity index (χ1n) is 4.87. The Bertz CT molecular complexity index is 411. The van der Waals surface area contributed by atoms with Gasteiger partial charge in [-0.2, -0.15) is 0 Å². The van der Waals surface area contributed by atoms with Gasteiger partial charge in [0.2, 0.25) is 0 Å². The minimum absolute atomic E-state index is 0.0650. The van der Waals surface area contributed by atoms with Crippen LogP contribution < -0.4 is 0 Å². The number of hydrogen-bond acceptors (Lipinski definition) is 3. The third-order valence-corrected chi connectivity index (χ3v) is 2.52. The van der Waals surface area contributed by atoms with E-state index in [1.807, 2.05) is 43.3 Å². The highest BCUT2D eigenvalue weighted by Crippen LogP contribution is 2.21. The SMILES string of the molecule is CC1C=C(c2ccccc2)N=[N+]([O-])N1C. The van der Waals surface area contributed by atoms with Gasteiger partial charge in [0.15, 0.2) is 0 Å². The zero-order valence-electron chi connectivity index (χ0n) is 8.79. The summed E-state index contributed by atoms with van der Waals surface area (Å²) in [5.74, 6) is 0. The molecule has 0 radical (unpaired) electrons. The molecule has 0 aromatic heterocycles. The van der Waals surface area contributed by atoms with Crippen molar-refractivity contribution in [2.45, 2.75) is 13.0 Å². The predicted octanol–water partition coefficient (Wildman–Crippen LogP) is 2.24. The molecule has 0 N–H and O–H groups in total. The first-order chi connectivity index (χ1) is 7.18. The van der Waals surface area contributed by atoms with Crippen LogP contribution in [0.25, 0.3) is 5.70 Å². The third-order valence-electron chi connectivity index (χ3n) is 2.52. The van der Waals surface area contributed by atoms with E-state index < -0.39 is 0 Å². The Morgan fingerprint density at radius 3 is 2.60 bits per heavy atom. The van der Waals surface area contributed by atoms with E-state index in [1.54, 1.807) is 7.05 Å². The van der Waals surface area contributed by atoms with Crippen molar-refractivity contribution in [1.29, 1.82) is 0 Å². The van der Waals surface area contributed by atoms with Crippen LogP contribution in [0.2, 0.25) is 0 Å². The summed E-state index contributed by atoms with van der Waals surface area (Å²) in [6, 6.07) is 9.77. The zero-order valence-corrected chi connectivity index (χ0v) is 8.79. The molecule has 4 heteroatoms. The number of benzene rings is 1. The zero-order chi connectivity index (χ0) is 10.8. The van der Waals surface area contributed by atoms with Gasteiger partial charge in [-0.3, -0.25) is 0 Å². The predicted molar refractivity (Wildman–Crippen MR) is 57.7 cm³/mol. The Balaban J connectivity index is 2.37. The summed E-state index contributed by atoms with van der Waals surface area (Å²) < 4.78 is 0. The molecule has 2 rings (SSSR count). The van der Waals surface area contributed by atoms with Crippen LogP contribution in [0.15, 0.2) is 41.5 Å². The first kappa shape index (κ1) is 9.71. The molecule has 1 unspecified atom stereocenters. The summed E-state index contributed by atoms with van der Waals surface area (Å²) in [4.78, 5) is 0.632. The summed E-state index contributed by atoms with van der Waals surface area (Å²) in [5, 5.41) is 16.9. The lowest BCUT2D eigenvalue weighted by Gasteiger charge is -2.22. The van der Waals surface area contributed by atoms with E-state index in [0.29, 0.717) is 4.97 Å². The Hall–Kier alpha value is -1.84. The highest BCUT2D eigenvalue weighted by molar-refractivity contribution is 5.64. The summed E-state index contributed by atoms with van der Waals surface area (Å²) >= 11 is 0. The Morgan fingerprint density at radius 1 is 1.33 bits per heavy atom. The van der Waals surface area contributed by atoms with Crippen molar-refractivity contribution < 1.29 is 4.97 Å². The summed E-state index contributed by atoms with van der Waals surface area (Å²) in [5.41, 5.74) is 1.70. The molecule has 0 bridgehead atoms. The average Bonchev–Trinajstić information content (AvgIpc) is 2.26. The molecule has 0 spiro atoms. The van der Waals surface area contributed by atoms with Gasteiger partial charge in [0.25, 0.3) is 0 Å². The lowest BCUT2D eigenvalue weighted by molar-refractivity contribution is -0.690. The Labute approximate surface area is 88.7 Å². The van der Waals surface area contributed by atoms with Crippen molar-refractivity contribution in [2.24, 2.45) is 5.11 Å². The van der Waals surface area contributed by atoms with E-state index >= 15 is 0 Å². The van der Waals surface area contributed by atoms with E-state index in [0.717, 1.165) is 11.3 Å². The first-order valence-corrected chi connectivity index (χ1v) is 4.87. The van der Waals surface area contributed by atoms with Crippen molar-refractivity contribution in [3.05, 3.63) is 47.2 Å². The Kier molecular flexibility index (Phi) is 2.41. The fourth-order valence-corrected chi connectivity index (χ4v) is 1.45. The second-order valence-corrected chi connectivity index (χ2v) is 3.58. The molecule has 1 aromatic rings. The highest BCUT2D eigenvalue weighted by Gasteiger charge is 2.21. The number of hydrogen-bond donors (Lipinski definition) is 0. The molecule has 15 heavy (non-hydrogen) atoms. The average molecular weight is 203 g/mol. The Morgan fingerprint density at radius 2 is 2.00 bits per heavy atom. The lowest BCUT2D eigenvalue weighted by Crippen LogP contribution is -2.35. The van der Waals surface area contributed by atoms with Crippen LogP contribution >= 0.6 is 0 Å². The number of rotatable bonds is 1. The van der Waals surface area contributed by atoms with E-state index in [2.05, 4.69) is 5.11 Å². The lowest BCUT2D eigenvalue weighted by atomic mass is 10.1. The normalized spacial score (nSPS) is 20.9. The highest BCUT2D eigenvalue weighted by atomic mass is 16.5. The smallest absolute Gasteiger partial charge is 0.140 e. The molecule has 1 aromatic carbocycles. The molecular formula is C11H13N3O. The second-order valence-electron chi connectivity index (χ2n) is 3.58. The van der Waals surface area contributed by atoms with Crippen LogP contribution in [0, 0.1) is 5.21 Å². The van der Waals surface area contributed by atoms with Crippen molar-refractivity contribution in [3.8, 4) is 0 Å². The molecule has 1 heterocycles. The van der Waals surface area contributed by atoms with Crippen LogP contribution in [0.1, 0.15) is 12.5 Å². The molecule has 1 atom stereocenters. The topological polar surface area (TPSA) is 41.7 Å². The van der Waals surface area contributed by atoms with Crippen LogP contribution in [0.3, 0.4) is 0 Å². The standard InChI is InChI=1S/C11H13N3O/c1-9-8-11(12-14(15)13(9)2)10-6-4-3-5-7-10/h3-9H,1-2H3. The maximum atomic E-state index is 11.4. The summed E-state index contributed by atoms with van der Waals surface area (Å²) in [7, 11) is 1.72. The third kappa shape index (κ3) is 1.83. The number of likely N-dealkylation sites (N-methyl/N-ethyl adjacent to an activating group) is 1. The van der Waals surface area contributed by atoms with Crippen molar-refractivity contribution in [3.63, 3.8) is 0 Å². The number of hydrazine groups is 1. The van der Waals surface area contributed by atoms with Gasteiger partial charge in [0, 0.05) is 15.6 Å². The van der Waals surface area contributed by atoms with Gasteiger partial charge in [-0.05, 0) is 13.0 Å². The van der Waals surface area contributed by atoms with Gasteiger partial charge in [0.1, 0.15) is 11.7 Å². The monoisotopic (exact) mass is 203 g/mol. The quantitative estimate of drug-likeness (QED) is 0.519. The summed E-state index contributed by atoms with van der Waals surface area (Å²) in [6.45, 7) is 1.96. The van der Waals surface area contributed by atoms with Crippen molar-refractivity contribution in [2.75, 3.05) is 7.05 Å². The molecule has 0 saturated carbocycles. The van der Waals surface area contributed by atoms with Crippen LogP contribution in [0.4, 0.5) is 0 Å². The minimum atomic E-state index is 0.0650. The molecule has 78 valence electrons. The van der Waals surface area contributed by atoms with Crippen molar-refractivity contribution in [1.82, 2.24) is 5.01 Å². The van der Waals surface area contributed by atoms with E-state index in [9.17, 15) is 5.21 Å². The van der Waals surface area contributed by atoms with E-state index in [4.69, 9.17) is 0 Å². The second kappa shape index (κ2) is 3.73. The fourth-order valence-electron chi connectivity index (χ4n) is 1.45. The van der Waals surface area contributed by atoms with E-state index in [1.165, 1.54) is 5.01 Å². The van der Waals surface area contributed by atoms with Crippen LogP contribution in [0.5, 0.6) is 0 Å². The van der Waals surface area contributed by atoms with Gasteiger partial charge < -0.3 is 5.21 Å². The molecule has 1 aliphatic rings. The van der Waals surface area contributed by atoms with Crippen LogP contribution in [-0.4, -0.2) is 23.1 Å². The van der Waals surface area contributed by atoms with Gasteiger partial charge in [-0.1, -0.05) is 30.3 Å². The van der Waals surface area contributed by atoms with Crippen LogP contribution in [-0.2, 0) is 0 Å². The largest absolute Gasteiger partial charge is 0.571 e. The minimum Gasteiger partial charge on any atom is -0.571 e. The fraction of sp³-hybridized carbons (Fsp3) is 0.273. The molecule has 0 amide bonds. The maximum Gasteiger partial charge on any atom is 0.140 e. The van der Waals surface area contributed by atoms with Gasteiger partial charge in [-0.25, -0.2) is 0 Å². The molecule has 0 fully saturated rings. The summed E-state index contributed by atoms with van der Waals surface area (Å²) in [6.07, 6.45) is 1.98. The molecule has 1 aliphatic heterocycles. The number of nitrogens with zero attached hydrogens (tertiary/aromatic N) is 3. The van der Waals surface area contributed by atoms with Gasteiger partial charge >= 0.3 is 0 Å². The molecule has 4 nitrogen and oxygen atoms in total. The molecule has 0 saturated heterocycles. The van der Waals surface area contributed by atoms with Gasteiger partial charge in [-0.15, -0.1) is 5.01 Å². The molecular weight excluding hydrogens is 190 g/mol. The van der Waals surface area contributed by atoms with Crippen molar-refractivity contribution >= 4 is 5.70 Å². The molecule has 0 aliphatic carbocycles. The van der Waals surface area contributed by atoms with E-state index in [-0.39, 0.29) is 6.04 Å². The maximum absolute atomic E-state index is 11.4.